The maximum Gasteiger partial charge on any atom is 0.187 e. The number of aliphatic hydroxyl groups excluding tert-OH is 4. The van der Waals surface area contributed by atoms with Gasteiger partial charge in [0.25, 0.3) is 0 Å². The minimum absolute atomic E-state index is 0.0138. The molecule has 8 N–H and O–H groups in total. The lowest BCUT2D eigenvalue weighted by Crippen LogP contribution is -2.69. The predicted octanol–water partition coefficient (Wildman–Crippen LogP) is -0.0603. The molecule has 11 atom stereocenters. The van der Waals surface area contributed by atoms with Crippen molar-refractivity contribution in [3.8, 4) is 0 Å². The molecule has 0 aromatic heterocycles. The normalized spacial score (nSPS) is 48.2. The van der Waals surface area contributed by atoms with Gasteiger partial charge in [-0.15, -0.1) is 0 Å². The number of ketones is 1. The van der Waals surface area contributed by atoms with E-state index in [1.807, 2.05) is 6.92 Å². The molecule has 9 nitrogen and oxygen atoms in total. The summed E-state index contributed by atoms with van der Waals surface area (Å²) in [6, 6.07) is 0. The highest BCUT2D eigenvalue weighted by Crippen LogP contribution is 2.69. The minimum atomic E-state index is -1.85. The van der Waals surface area contributed by atoms with Crippen molar-refractivity contribution in [3.05, 3.63) is 11.6 Å². The van der Waals surface area contributed by atoms with Crippen molar-refractivity contribution >= 4 is 5.78 Å². The quantitative estimate of drug-likeness (QED) is 0.250. The zero-order valence-corrected chi connectivity index (χ0v) is 22.0. The molecule has 3 saturated carbocycles. The molecule has 4 rings (SSSR count). The van der Waals surface area contributed by atoms with E-state index >= 15 is 0 Å². The first-order chi connectivity index (χ1) is 16.3. The van der Waals surface area contributed by atoms with Gasteiger partial charge in [0.05, 0.1) is 41.2 Å². The molecule has 0 saturated heterocycles. The van der Waals surface area contributed by atoms with E-state index in [4.69, 9.17) is 0 Å². The Balaban J connectivity index is 1.70. The molecular formula is C27H44O9. The van der Waals surface area contributed by atoms with Gasteiger partial charge in [-0.2, -0.15) is 0 Å². The summed E-state index contributed by atoms with van der Waals surface area (Å²) in [6.07, 6.45) is -2.64. The average Bonchev–Trinajstić information content (AvgIpc) is 3.03. The number of fused-ring (bicyclic) bond motifs is 5. The zero-order valence-electron chi connectivity index (χ0n) is 22.0. The Morgan fingerprint density at radius 3 is 2.08 bits per heavy atom. The van der Waals surface area contributed by atoms with Crippen molar-refractivity contribution in [2.45, 2.75) is 126 Å². The smallest absolute Gasteiger partial charge is 0.187 e. The summed E-state index contributed by atoms with van der Waals surface area (Å²) >= 11 is 0. The summed E-state index contributed by atoms with van der Waals surface area (Å²) in [6.45, 7) is 7.93. The highest BCUT2D eigenvalue weighted by Gasteiger charge is 2.71. The largest absolute Gasteiger partial charge is 0.390 e. The lowest BCUT2D eigenvalue weighted by Gasteiger charge is -2.62. The van der Waals surface area contributed by atoms with Crippen molar-refractivity contribution in [2.24, 2.45) is 22.7 Å². The van der Waals surface area contributed by atoms with E-state index in [9.17, 15) is 45.6 Å². The van der Waals surface area contributed by atoms with Crippen LogP contribution in [0.4, 0.5) is 0 Å². The second-order valence-corrected chi connectivity index (χ2v) is 13.4. The van der Waals surface area contributed by atoms with Gasteiger partial charge in [-0.3, -0.25) is 4.79 Å². The first kappa shape index (κ1) is 28.1. The fraction of sp³-hybridized carbons (Fsp3) is 0.889. The summed E-state index contributed by atoms with van der Waals surface area (Å²) in [5.74, 6) is -1.59. The Bertz CT molecular complexity index is 940. The molecule has 9 heteroatoms. The second kappa shape index (κ2) is 8.29. The maximum atomic E-state index is 13.3. The molecule has 0 bridgehead atoms. The van der Waals surface area contributed by atoms with E-state index in [2.05, 4.69) is 0 Å². The van der Waals surface area contributed by atoms with Crippen LogP contribution in [-0.4, -0.2) is 93.5 Å². The second-order valence-electron chi connectivity index (χ2n) is 13.4. The van der Waals surface area contributed by atoms with Crippen LogP contribution in [0.1, 0.15) is 79.6 Å². The third-order valence-electron chi connectivity index (χ3n) is 10.9. The molecule has 206 valence electrons. The molecule has 0 aromatic carbocycles. The molecule has 0 aromatic rings. The van der Waals surface area contributed by atoms with E-state index in [1.165, 1.54) is 26.8 Å². The Hall–Kier alpha value is -0.910. The van der Waals surface area contributed by atoms with E-state index < -0.39 is 75.3 Å². The summed E-state index contributed by atoms with van der Waals surface area (Å²) in [7, 11) is 0. The summed E-state index contributed by atoms with van der Waals surface area (Å²) < 4.78 is 0. The van der Waals surface area contributed by atoms with Crippen molar-refractivity contribution in [3.63, 3.8) is 0 Å². The first-order valence-corrected chi connectivity index (χ1v) is 13.1. The van der Waals surface area contributed by atoms with Gasteiger partial charge in [0.2, 0.25) is 0 Å². The third-order valence-corrected chi connectivity index (χ3v) is 10.9. The van der Waals surface area contributed by atoms with E-state index in [-0.39, 0.29) is 25.7 Å². The van der Waals surface area contributed by atoms with Crippen LogP contribution < -0.4 is 0 Å². The van der Waals surface area contributed by atoms with Crippen LogP contribution in [0, 0.1) is 22.7 Å². The predicted molar refractivity (Wildman–Crippen MR) is 129 cm³/mol. The SMILES string of the molecule is CC(C)(O)C(O)CC(O)C(C)(O)C1CCC2(O)C3=CC(=O)C4(O)CC(O)C(O)CC4(C)C3CCC12C. The molecule has 0 spiro atoms. The van der Waals surface area contributed by atoms with Gasteiger partial charge >= 0.3 is 0 Å². The van der Waals surface area contributed by atoms with Crippen LogP contribution in [0.5, 0.6) is 0 Å². The molecular weight excluding hydrogens is 468 g/mol. The van der Waals surface area contributed by atoms with Gasteiger partial charge in [0.15, 0.2) is 5.78 Å². The zero-order chi connectivity index (χ0) is 27.3. The molecule has 3 fully saturated rings. The van der Waals surface area contributed by atoms with Gasteiger partial charge in [-0.25, -0.2) is 0 Å². The Kier molecular flexibility index (Phi) is 6.47. The van der Waals surface area contributed by atoms with Gasteiger partial charge in [-0.05, 0) is 76.4 Å². The molecule has 0 heterocycles. The van der Waals surface area contributed by atoms with Gasteiger partial charge < -0.3 is 40.9 Å². The van der Waals surface area contributed by atoms with Crippen LogP contribution in [-0.2, 0) is 4.79 Å². The number of hydrogen-bond acceptors (Lipinski definition) is 9. The van der Waals surface area contributed by atoms with E-state index in [0.717, 1.165) is 0 Å². The molecule has 0 radical (unpaired) electrons. The van der Waals surface area contributed by atoms with Crippen LogP contribution in [0.3, 0.4) is 0 Å². The van der Waals surface area contributed by atoms with Crippen LogP contribution in [0.25, 0.3) is 0 Å². The first-order valence-electron chi connectivity index (χ1n) is 13.1. The molecule has 0 amide bonds. The highest BCUT2D eigenvalue weighted by atomic mass is 16.4. The number of carbonyl (C=O) groups excluding carboxylic acids is 1. The average molecular weight is 513 g/mol. The van der Waals surface area contributed by atoms with Crippen molar-refractivity contribution in [2.75, 3.05) is 0 Å². The molecule has 11 unspecified atom stereocenters. The number of aliphatic hydroxyl groups is 8. The molecule has 4 aliphatic carbocycles. The maximum absolute atomic E-state index is 13.3. The van der Waals surface area contributed by atoms with Crippen LogP contribution in [0.2, 0.25) is 0 Å². The van der Waals surface area contributed by atoms with E-state index in [1.54, 1.807) is 6.92 Å². The molecule has 4 aliphatic rings. The van der Waals surface area contributed by atoms with Crippen molar-refractivity contribution in [1.29, 1.82) is 0 Å². The standard InChI is InChI=1S/C27H44O9/c1-22(2,33)19(30)11-20(31)25(5,34)18-7-9-26(35)15-10-21(32)27(36)13-17(29)16(28)12-24(27,4)14(15)6-8-23(18,26)3/h10,14,16-20,28-31,33-36H,6-9,11-13H2,1-5H3. The fourth-order valence-corrected chi connectivity index (χ4v) is 8.26. The van der Waals surface area contributed by atoms with Crippen LogP contribution >= 0.6 is 0 Å². The fourth-order valence-electron chi connectivity index (χ4n) is 8.26. The topological polar surface area (TPSA) is 179 Å². The number of carbonyl (C=O) groups is 1. The summed E-state index contributed by atoms with van der Waals surface area (Å²) in [4.78, 5) is 13.3. The highest BCUT2D eigenvalue weighted by molar-refractivity contribution is 6.00. The van der Waals surface area contributed by atoms with Gasteiger partial charge in [-0.1, -0.05) is 13.8 Å². The minimum Gasteiger partial charge on any atom is -0.390 e. The summed E-state index contributed by atoms with van der Waals surface area (Å²) in [5.41, 5.74) is -8.02. The third kappa shape index (κ3) is 3.61. The van der Waals surface area contributed by atoms with Gasteiger partial charge in [0.1, 0.15) is 5.60 Å². The lowest BCUT2D eigenvalue weighted by atomic mass is 9.44. The molecule has 0 aliphatic heterocycles. The van der Waals surface area contributed by atoms with Crippen LogP contribution in [0.15, 0.2) is 11.6 Å². The molecule has 36 heavy (non-hydrogen) atoms. The number of rotatable bonds is 5. The van der Waals surface area contributed by atoms with Crippen molar-refractivity contribution in [1.82, 2.24) is 0 Å². The monoisotopic (exact) mass is 512 g/mol. The Morgan fingerprint density at radius 2 is 1.50 bits per heavy atom. The Labute approximate surface area is 212 Å². The summed E-state index contributed by atoms with van der Waals surface area (Å²) in [5, 5.41) is 87.3. The van der Waals surface area contributed by atoms with Crippen molar-refractivity contribution < 1.29 is 45.6 Å². The number of hydrogen-bond donors (Lipinski definition) is 8. The lowest BCUT2D eigenvalue weighted by molar-refractivity contribution is -0.212. The van der Waals surface area contributed by atoms with E-state index in [0.29, 0.717) is 24.8 Å². The Morgan fingerprint density at radius 1 is 0.917 bits per heavy atom. The van der Waals surface area contributed by atoms with Gasteiger partial charge in [0, 0.05) is 23.7 Å².